The van der Waals surface area contributed by atoms with E-state index in [1.54, 1.807) is 12.3 Å². The number of nitrogens with zero attached hydrogens (tertiary/aromatic N) is 3. The Kier molecular flexibility index (Phi) is 3.81. The molecule has 1 aliphatic rings. The molecule has 0 fully saturated rings. The zero-order chi connectivity index (χ0) is 18.3. The number of aromatic nitrogens is 2. The Hall–Kier alpha value is -3.06. The highest BCUT2D eigenvalue weighted by atomic mass is 32.1. The maximum Gasteiger partial charge on any atom is 0.337 e. The van der Waals surface area contributed by atoms with Gasteiger partial charge in [-0.25, -0.2) is 9.78 Å². The van der Waals surface area contributed by atoms with Gasteiger partial charge in [-0.3, -0.25) is 9.98 Å². The van der Waals surface area contributed by atoms with Crippen LogP contribution in [0, 0.1) is 0 Å². The maximum atomic E-state index is 11.4. The summed E-state index contributed by atoms with van der Waals surface area (Å²) in [7, 11) is 0. The van der Waals surface area contributed by atoms with Crippen molar-refractivity contribution in [2.75, 3.05) is 5.32 Å². The summed E-state index contributed by atoms with van der Waals surface area (Å²) in [4.78, 5) is 25.0. The molecule has 0 atom stereocenters. The number of aliphatic imine (C=N–C) groups is 1. The van der Waals surface area contributed by atoms with Crippen LogP contribution in [0.5, 0.6) is 0 Å². The smallest absolute Gasteiger partial charge is 0.337 e. The van der Waals surface area contributed by atoms with Gasteiger partial charge < -0.3 is 10.4 Å². The van der Waals surface area contributed by atoms with Crippen LogP contribution in [0.4, 0.5) is 5.69 Å². The van der Waals surface area contributed by atoms with Crippen LogP contribution in [0.25, 0.3) is 11.4 Å². The number of rotatable bonds is 3. The van der Waals surface area contributed by atoms with Gasteiger partial charge in [-0.1, -0.05) is 18.2 Å². The van der Waals surface area contributed by atoms with Crippen molar-refractivity contribution in [2.45, 2.75) is 19.4 Å². The molecule has 3 aromatic rings. The molecule has 7 heteroatoms. The van der Waals surface area contributed by atoms with Gasteiger partial charge in [0.2, 0.25) is 0 Å². The number of benzene rings is 1. The summed E-state index contributed by atoms with van der Waals surface area (Å²) < 4.78 is 0. The molecule has 0 radical (unpaired) electrons. The number of pyridine rings is 1. The monoisotopic (exact) mass is 364 g/mol. The van der Waals surface area contributed by atoms with E-state index in [1.807, 2.05) is 23.6 Å². The highest BCUT2D eigenvalue weighted by Gasteiger charge is 2.29. The molecule has 130 valence electrons. The number of carboxylic acid groups (broad SMARTS) is 1. The Balaban J connectivity index is 1.74. The van der Waals surface area contributed by atoms with Gasteiger partial charge in [0.05, 0.1) is 11.1 Å². The highest BCUT2D eigenvalue weighted by Crippen LogP contribution is 2.36. The van der Waals surface area contributed by atoms with Crippen LogP contribution >= 0.6 is 11.3 Å². The Labute approximate surface area is 154 Å². The van der Waals surface area contributed by atoms with Crippen LogP contribution in [0.1, 0.15) is 34.8 Å². The van der Waals surface area contributed by atoms with Crippen molar-refractivity contribution in [3.05, 3.63) is 64.1 Å². The average Bonchev–Trinajstić information content (AvgIpc) is 3.11. The predicted molar refractivity (Wildman–Crippen MR) is 102 cm³/mol. The second-order valence-electron chi connectivity index (χ2n) is 6.43. The molecule has 0 amide bonds. The standard InChI is InChI=1S/C19H16N4O2S/c1-19(2)12-7-3-4-8-13(12)21-16(23-19)17-22-14(10-26-17)15-11(18(24)25)6-5-9-20-15/h3-10H,1-2H3,(H,21,23)(H,24,25). The number of fused-ring (bicyclic) bond motifs is 1. The summed E-state index contributed by atoms with van der Waals surface area (Å²) in [5.74, 6) is -0.344. The molecular formula is C19H16N4O2S. The molecular weight excluding hydrogens is 348 g/mol. The fourth-order valence-electron chi connectivity index (χ4n) is 3.00. The summed E-state index contributed by atoms with van der Waals surface area (Å²) in [6, 6.07) is 11.2. The van der Waals surface area contributed by atoms with Gasteiger partial charge in [-0.05, 0) is 32.0 Å². The van der Waals surface area contributed by atoms with Crippen molar-refractivity contribution in [1.29, 1.82) is 0 Å². The lowest BCUT2D eigenvalue weighted by atomic mass is 9.92. The van der Waals surface area contributed by atoms with Gasteiger partial charge >= 0.3 is 5.97 Å². The van der Waals surface area contributed by atoms with Gasteiger partial charge in [0.15, 0.2) is 10.8 Å². The van der Waals surface area contributed by atoms with E-state index in [0.29, 0.717) is 22.2 Å². The number of carbonyl (C=O) groups is 1. The molecule has 3 heterocycles. The Morgan fingerprint density at radius 3 is 2.81 bits per heavy atom. The van der Waals surface area contributed by atoms with E-state index >= 15 is 0 Å². The number of hydrogen-bond donors (Lipinski definition) is 2. The number of para-hydroxylation sites is 1. The zero-order valence-corrected chi connectivity index (χ0v) is 15.0. The second-order valence-corrected chi connectivity index (χ2v) is 7.29. The summed E-state index contributed by atoms with van der Waals surface area (Å²) >= 11 is 1.41. The first-order chi connectivity index (χ1) is 12.5. The molecule has 4 rings (SSSR count). The van der Waals surface area contributed by atoms with E-state index in [-0.39, 0.29) is 11.1 Å². The summed E-state index contributed by atoms with van der Waals surface area (Å²) in [6.07, 6.45) is 1.57. The number of anilines is 1. The molecule has 6 nitrogen and oxygen atoms in total. The molecule has 2 aromatic heterocycles. The topological polar surface area (TPSA) is 87.5 Å². The number of aromatic carboxylic acids is 1. The zero-order valence-electron chi connectivity index (χ0n) is 14.2. The number of carboxylic acids is 1. The van der Waals surface area contributed by atoms with Gasteiger partial charge in [0.1, 0.15) is 11.4 Å². The van der Waals surface area contributed by atoms with Crippen LogP contribution < -0.4 is 5.32 Å². The van der Waals surface area contributed by atoms with E-state index in [0.717, 1.165) is 11.3 Å². The van der Waals surface area contributed by atoms with Crippen molar-refractivity contribution in [1.82, 2.24) is 9.97 Å². The molecule has 0 bridgehead atoms. The Morgan fingerprint density at radius 2 is 2.00 bits per heavy atom. The van der Waals surface area contributed by atoms with Gasteiger partial charge in [-0.15, -0.1) is 11.3 Å². The minimum absolute atomic E-state index is 0.133. The van der Waals surface area contributed by atoms with Crippen molar-refractivity contribution < 1.29 is 9.90 Å². The third kappa shape index (κ3) is 2.76. The molecule has 1 aromatic carbocycles. The first-order valence-corrected chi connectivity index (χ1v) is 8.94. The fraction of sp³-hybridized carbons (Fsp3) is 0.158. The van der Waals surface area contributed by atoms with Crippen LogP contribution in [0.2, 0.25) is 0 Å². The number of hydrogen-bond acceptors (Lipinski definition) is 6. The maximum absolute atomic E-state index is 11.4. The van der Waals surface area contributed by atoms with Crippen LogP contribution in [-0.4, -0.2) is 26.9 Å². The molecule has 0 unspecified atom stereocenters. The lowest BCUT2D eigenvalue weighted by molar-refractivity contribution is 0.0697. The molecule has 0 aliphatic carbocycles. The second kappa shape index (κ2) is 6.03. The third-order valence-electron chi connectivity index (χ3n) is 4.22. The van der Waals surface area contributed by atoms with Crippen LogP contribution in [0.15, 0.2) is 53.0 Å². The molecule has 26 heavy (non-hydrogen) atoms. The Morgan fingerprint density at radius 1 is 1.19 bits per heavy atom. The van der Waals surface area contributed by atoms with Gasteiger partial charge in [-0.2, -0.15) is 0 Å². The van der Waals surface area contributed by atoms with E-state index in [4.69, 9.17) is 4.99 Å². The first-order valence-electron chi connectivity index (χ1n) is 8.07. The molecule has 0 saturated carbocycles. The minimum Gasteiger partial charge on any atom is -0.478 e. The average molecular weight is 364 g/mol. The molecule has 2 N–H and O–H groups in total. The van der Waals surface area contributed by atoms with Crippen LogP contribution in [-0.2, 0) is 5.54 Å². The lowest BCUT2D eigenvalue weighted by Gasteiger charge is -2.30. The van der Waals surface area contributed by atoms with E-state index in [9.17, 15) is 9.90 Å². The Bertz CT molecular complexity index is 1040. The van der Waals surface area contributed by atoms with Crippen molar-refractivity contribution >= 4 is 28.8 Å². The van der Waals surface area contributed by atoms with Crippen molar-refractivity contribution in [2.24, 2.45) is 4.99 Å². The molecule has 1 aliphatic heterocycles. The first kappa shape index (κ1) is 16.4. The number of amidine groups is 1. The number of nitrogens with one attached hydrogen (secondary N) is 1. The van der Waals surface area contributed by atoms with Gasteiger partial charge in [0.25, 0.3) is 0 Å². The molecule has 0 spiro atoms. The van der Waals surface area contributed by atoms with Crippen LogP contribution in [0.3, 0.4) is 0 Å². The summed E-state index contributed by atoms with van der Waals surface area (Å²) in [5.41, 5.74) is 2.78. The lowest BCUT2D eigenvalue weighted by Crippen LogP contribution is -2.29. The SMILES string of the molecule is CC1(C)N=C(c2nc(-c3ncccc3C(=O)O)cs2)Nc2ccccc21. The van der Waals surface area contributed by atoms with E-state index in [1.165, 1.54) is 17.4 Å². The van der Waals surface area contributed by atoms with Crippen molar-refractivity contribution in [3.63, 3.8) is 0 Å². The number of thiazole rings is 1. The summed E-state index contributed by atoms with van der Waals surface area (Å²) in [5, 5.41) is 15.2. The normalized spacial score (nSPS) is 14.9. The van der Waals surface area contributed by atoms with E-state index < -0.39 is 5.97 Å². The predicted octanol–water partition coefficient (Wildman–Crippen LogP) is 4.01. The van der Waals surface area contributed by atoms with Gasteiger partial charge in [0, 0.05) is 22.8 Å². The summed E-state index contributed by atoms with van der Waals surface area (Å²) in [6.45, 7) is 4.12. The highest BCUT2D eigenvalue weighted by molar-refractivity contribution is 7.12. The quantitative estimate of drug-likeness (QED) is 0.733. The minimum atomic E-state index is -1.02. The largest absolute Gasteiger partial charge is 0.478 e. The van der Waals surface area contributed by atoms with E-state index in [2.05, 4.69) is 35.2 Å². The van der Waals surface area contributed by atoms with Crippen molar-refractivity contribution in [3.8, 4) is 11.4 Å². The fourth-order valence-corrected chi connectivity index (χ4v) is 3.74. The third-order valence-corrected chi connectivity index (χ3v) is 5.07. The molecule has 0 saturated heterocycles.